The van der Waals surface area contributed by atoms with Crippen molar-refractivity contribution in [3.8, 4) is 0 Å². The van der Waals surface area contributed by atoms with E-state index in [-0.39, 0.29) is 23.4 Å². The van der Waals surface area contributed by atoms with E-state index in [9.17, 15) is 13.2 Å². The van der Waals surface area contributed by atoms with Crippen LogP contribution in [-0.2, 0) is 25.8 Å². The highest BCUT2D eigenvalue weighted by atomic mass is 32.2. The number of hydrogen-bond donors (Lipinski definition) is 0. The van der Waals surface area contributed by atoms with Gasteiger partial charge in [-0.1, -0.05) is 24.3 Å². The van der Waals surface area contributed by atoms with Crippen molar-refractivity contribution in [2.75, 3.05) is 18.1 Å². The third-order valence-electron chi connectivity index (χ3n) is 4.49. The van der Waals surface area contributed by atoms with E-state index < -0.39 is 15.8 Å². The number of esters is 1. The van der Waals surface area contributed by atoms with E-state index in [4.69, 9.17) is 4.74 Å². The van der Waals surface area contributed by atoms with Crippen LogP contribution < -0.4 is 0 Å². The van der Waals surface area contributed by atoms with Crippen molar-refractivity contribution >= 4 is 15.8 Å². The topological polar surface area (TPSA) is 60.4 Å². The van der Waals surface area contributed by atoms with Gasteiger partial charge in [-0.25, -0.2) is 8.42 Å². The SMILES string of the molecule is O=C(OC[C@@H]1CCCc2ccccc21)[C@H]1CCS(=O)(=O)C1. The van der Waals surface area contributed by atoms with E-state index in [1.165, 1.54) is 11.1 Å². The number of hydrogen-bond acceptors (Lipinski definition) is 4. The van der Waals surface area contributed by atoms with Crippen molar-refractivity contribution in [2.45, 2.75) is 31.6 Å². The van der Waals surface area contributed by atoms with E-state index in [1.54, 1.807) is 0 Å². The van der Waals surface area contributed by atoms with E-state index in [0.717, 1.165) is 19.3 Å². The summed E-state index contributed by atoms with van der Waals surface area (Å²) in [6.45, 7) is 0.367. The molecule has 0 spiro atoms. The summed E-state index contributed by atoms with van der Waals surface area (Å²) >= 11 is 0. The van der Waals surface area contributed by atoms with E-state index >= 15 is 0 Å². The molecule has 114 valence electrons. The minimum Gasteiger partial charge on any atom is -0.465 e. The third-order valence-corrected chi connectivity index (χ3v) is 6.25. The quantitative estimate of drug-likeness (QED) is 0.802. The molecule has 1 aromatic carbocycles. The Bertz CT molecular complexity index is 635. The second-order valence-corrected chi connectivity index (χ2v) is 8.25. The molecule has 1 saturated heterocycles. The van der Waals surface area contributed by atoms with Crippen molar-refractivity contribution in [1.82, 2.24) is 0 Å². The van der Waals surface area contributed by atoms with Crippen LogP contribution in [0, 0.1) is 5.92 Å². The molecule has 0 aromatic heterocycles. The lowest BCUT2D eigenvalue weighted by Gasteiger charge is -2.25. The van der Waals surface area contributed by atoms with Gasteiger partial charge in [0.05, 0.1) is 24.0 Å². The lowest BCUT2D eigenvalue weighted by atomic mass is 9.83. The number of sulfone groups is 1. The number of carbonyl (C=O) groups excluding carboxylic acids is 1. The first kappa shape index (κ1) is 14.6. The maximum atomic E-state index is 12.0. The molecule has 1 aromatic rings. The Morgan fingerprint density at radius 2 is 2.05 bits per heavy atom. The molecular weight excluding hydrogens is 288 g/mol. The largest absolute Gasteiger partial charge is 0.465 e. The summed E-state index contributed by atoms with van der Waals surface area (Å²) in [5, 5.41) is 0. The first-order chi connectivity index (χ1) is 10.1. The number of carbonyl (C=O) groups is 1. The fourth-order valence-electron chi connectivity index (χ4n) is 3.31. The van der Waals surface area contributed by atoms with Gasteiger partial charge >= 0.3 is 5.97 Å². The van der Waals surface area contributed by atoms with E-state index in [1.807, 2.05) is 12.1 Å². The van der Waals surface area contributed by atoms with Crippen molar-refractivity contribution in [3.05, 3.63) is 35.4 Å². The highest BCUT2D eigenvalue weighted by Crippen LogP contribution is 2.32. The molecule has 0 unspecified atom stereocenters. The fraction of sp³-hybridized carbons (Fsp3) is 0.562. The van der Waals surface area contributed by atoms with Crippen LogP contribution in [0.5, 0.6) is 0 Å². The van der Waals surface area contributed by atoms with Gasteiger partial charge in [0.25, 0.3) is 0 Å². The Morgan fingerprint density at radius 1 is 1.24 bits per heavy atom. The van der Waals surface area contributed by atoms with Gasteiger partial charge in [0.15, 0.2) is 9.84 Å². The molecule has 1 fully saturated rings. The standard InChI is InChI=1S/C16H20O4S/c17-16(14-8-9-21(18,19)11-14)20-10-13-6-3-5-12-4-1-2-7-15(12)13/h1-2,4,7,13-14H,3,5-6,8-11H2/t13-,14-/m0/s1. The summed E-state index contributed by atoms with van der Waals surface area (Å²) in [5.74, 6) is -0.503. The number of fused-ring (bicyclic) bond motifs is 1. The van der Waals surface area contributed by atoms with Gasteiger partial charge in [-0.05, 0) is 36.8 Å². The maximum absolute atomic E-state index is 12.0. The van der Waals surface area contributed by atoms with E-state index in [2.05, 4.69) is 12.1 Å². The zero-order valence-electron chi connectivity index (χ0n) is 12.0. The molecule has 1 aliphatic heterocycles. The first-order valence-electron chi connectivity index (χ1n) is 7.50. The molecule has 0 N–H and O–H groups in total. The Hall–Kier alpha value is -1.36. The van der Waals surface area contributed by atoms with Gasteiger partial charge in [0, 0.05) is 5.92 Å². The van der Waals surface area contributed by atoms with E-state index in [0.29, 0.717) is 13.0 Å². The van der Waals surface area contributed by atoms with Crippen LogP contribution in [0.1, 0.15) is 36.3 Å². The molecule has 21 heavy (non-hydrogen) atoms. The molecule has 1 heterocycles. The predicted octanol–water partition coefficient (Wildman–Crippen LogP) is 2.08. The van der Waals surface area contributed by atoms with Crippen LogP contribution in [0.15, 0.2) is 24.3 Å². The van der Waals surface area contributed by atoms with Gasteiger partial charge in [-0.2, -0.15) is 0 Å². The zero-order valence-corrected chi connectivity index (χ0v) is 12.8. The summed E-state index contributed by atoms with van der Waals surface area (Å²) in [6.07, 6.45) is 3.62. The predicted molar refractivity (Wildman–Crippen MR) is 79.8 cm³/mol. The Morgan fingerprint density at radius 3 is 2.81 bits per heavy atom. The molecule has 0 amide bonds. The monoisotopic (exact) mass is 308 g/mol. The lowest BCUT2D eigenvalue weighted by molar-refractivity contribution is -0.148. The van der Waals surface area contributed by atoms with Crippen LogP contribution >= 0.6 is 0 Å². The van der Waals surface area contributed by atoms with Gasteiger partial charge in [-0.15, -0.1) is 0 Å². The molecule has 0 saturated carbocycles. The molecule has 4 nitrogen and oxygen atoms in total. The first-order valence-corrected chi connectivity index (χ1v) is 9.32. The average molecular weight is 308 g/mol. The molecule has 5 heteroatoms. The second kappa shape index (κ2) is 5.79. The fourth-order valence-corrected chi connectivity index (χ4v) is 5.04. The summed E-state index contributed by atoms with van der Waals surface area (Å²) in [6, 6.07) is 8.29. The van der Waals surface area contributed by atoms with Crippen molar-refractivity contribution in [3.63, 3.8) is 0 Å². The maximum Gasteiger partial charge on any atom is 0.310 e. The second-order valence-electron chi connectivity index (χ2n) is 6.02. The smallest absolute Gasteiger partial charge is 0.310 e. The lowest BCUT2D eigenvalue weighted by Crippen LogP contribution is -2.23. The van der Waals surface area contributed by atoms with Gasteiger partial charge in [0.1, 0.15) is 0 Å². The normalized spacial score (nSPS) is 27.0. The van der Waals surface area contributed by atoms with Gasteiger partial charge in [-0.3, -0.25) is 4.79 Å². The van der Waals surface area contributed by atoms with Crippen molar-refractivity contribution in [2.24, 2.45) is 5.92 Å². The zero-order chi connectivity index (χ0) is 14.9. The Balaban J connectivity index is 1.60. The molecule has 3 rings (SSSR count). The molecule has 0 bridgehead atoms. The summed E-state index contributed by atoms with van der Waals surface area (Å²) in [4.78, 5) is 12.0. The summed E-state index contributed by atoms with van der Waals surface area (Å²) < 4.78 is 28.2. The number of benzene rings is 1. The van der Waals surface area contributed by atoms with Crippen LogP contribution in [-0.4, -0.2) is 32.5 Å². The van der Waals surface area contributed by atoms with Crippen LogP contribution in [0.3, 0.4) is 0 Å². The summed E-state index contributed by atoms with van der Waals surface area (Å²) in [7, 11) is -3.03. The molecule has 2 aliphatic rings. The van der Waals surface area contributed by atoms with Gasteiger partial charge < -0.3 is 4.74 Å². The minimum atomic E-state index is -3.03. The third kappa shape index (κ3) is 3.28. The minimum absolute atomic E-state index is 0.0485. The highest BCUT2D eigenvalue weighted by Gasteiger charge is 2.34. The van der Waals surface area contributed by atoms with Crippen LogP contribution in [0.4, 0.5) is 0 Å². The molecule has 1 aliphatic carbocycles. The summed E-state index contributed by atoms with van der Waals surface area (Å²) in [5.41, 5.74) is 2.61. The Labute approximate surface area is 125 Å². The highest BCUT2D eigenvalue weighted by molar-refractivity contribution is 7.91. The average Bonchev–Trinajstić information content (AvgIpc) is 2.85. The number of aryl methyl sites for hydroxylation is 1. The van der Waals surface area contributed by atoms with Crippen molar-refractivity contribution in [1.29, 1.82) is 0 Å². The molecular formula is C16H20O4S. The van der Waals surface area contributed by atoms with Crippen molar-refractivity contribution < 1.29 is 17.9 Å². The Kier molecular flexibility index (Phi) is 4.02. The van der Waals surface area contributed by atoms with Crippen LogP contribution in [0.25, 0.3) is 0 Å². The molecule has 2 atom stereocenters. The molecule has 0 radical (unpaired) electrons. The number of ether oxygens (including phenoxy) is 1. The van der Waals surface area contributed by atoms with Crippen LogP contribution in [0.2, 0.25) is 0 Å². The van der Waals surface area contributed by atoms with Gasteiger partial charge in [0.2, 0.25) is 0 Å². The number of rotatable bonds is 3.